The van der Waals surface area contributed by atoms with Gasteiger partial charge in [-0.15, -0.1) is 5.54 Å². The molecule has 1 fully saturated rings. The van der Waals surface area contributed by atoms with Crippen LogP contribution in [0.2, 0.25) is 19.6 Å². The maximum atomic E-state index is 5.54. The molecular formula is C11H20O2Si. The standard InChI is InChI=1S/C11H20O2Si/c1-12-11(5-8-13-9-6-11)7-10-14(2,3)4/h5-6,8-9H2,1-4H3. The van der Waals surface area contributed by atoms with Crippen LogP contribution in [0.5, 0.6) is 0 Å². The molecule has 3 heteroatoms. The van der Waals surface area contributed by atoms with Gasteiger partial charge in [0.05, 0.1) is 13.2 Å². The summed E-state index contributed by atoms with van der Waals surface area (Å²) < 4.78 is 10.9. The average Bonchev–Trinajstić information content (AvgIpc) is 2.15. The molecule has 1 aliphatic heterocycles. The first-order chi connectivity index (χ1) is 6.47. The summed E-state index contributed by atoms with van der Waals surface area (Å²) in [6, 6.07) is 0. The van der Waals surface area contributed by atoms with Crippen molar-refractivity contribution in [2.45, 2.75) is 38.1 Å². The maximum Gasteiger partial charge on any atom is 0.132 e. The van der Waals surface area contributed by atoms with Gasteiger partial charge in [-0.25, -0.2) is 0 Å². The second kappa shape index (κ2) is 4.48. The molecule has 1 saturated heterocycles. The van der Waals surface area contributed by atoms with Gasteiger partial charge in [0, 0.05) is 20.0 Å². The smallest absolute Gasteiger partial charge is 0.132 e. The zero-order valence-corrected chi connectivity index (χ0v) is 10.6. The van der Waals surface area contributed by atoms with Crippen LogP contribution in [0.1, 0.15) is 12.8 Å². The number of hydrogen-bond acceptors (Lipinski definition) is 2. The van der Waals surface area contributed by atoms with E-state index in [2.05, 4.69) is 31.1 Å². The Hall–Kier alpha value is -0.303. The third-order valence-corrected chi connectivity index (χ3v) is 3.23. The summed E-state index contributed by atoms with van der Waals surface area (Å²) in [5.41, 5.74) is 3.17. The van der Waals surface area contributed by atoms with Crippen LogP contribution in [-0.4, -0.2) is 34.0 Å². The summed E-state index contributed by atoms with van der Waals surface area (Å²) >= 11 is 0. The topological polar surface area (TPSA) is 18.5 Å². The van der Waals surface area contributed by atoms with Crippen LogP contribution in [0.15, 0.2) is 0 Å². The van der Waals surface area contributed by atoms with Crippen LogP contribution in [0.25, 0.3) is 0 Å². The minimum Gasteiger partial charge on any atom is -0.381 e. The quantitative estimate of drug-likeness (QED) is 0.489. The van der Waals surface area contributed by atoms with Crippen LogP contribution in [-0.2, 0) is 9.47 Å². The molecule has 1 aliphatic rings. The van der Waals surface area contributed by atoms with E-state index < -0.39 is 8.07 Å². The van der Waals surface area contributed by atoms with Crippen molar-refractivity contribution in [3.05, 3.63) is 0 Å². The first kappa shape index (κ1) is 11.8. The minimum atomic E-state index is -1.29. The highest BCUT2D eigenvalue weighted by Gasteiger charge is 2.30. The van der Waals surface area contributed by atoms with Crippen LogP contribution >= 0.6 is 0 Å². The maximum absolute atomic E-state index is 5.54. The van der Waals surface area contributed by atoms with Crippen molar-refractivity contribution in [3.8, 4) is 11.5 Å². The van der Waals surface area contributed by atoms with Crippen LogP contribution in [0.3, 0.4) is 0 Å². The normalized spacial score (nSPS) is 21.1. The van der Waals surface area contributed by atoms with Crippen molar-refractivity contribution in [2.75, 3.05) is 20.3 Å². The monoisotopic (exact) mass is 212 g/mol. The van der Waals surface area contributed by atoms with E-state index >= 15 is 0 Å². The minimum absolute atomic E-state index is 0.224. The molecule has 0 aromatic rings. The van der Waals surface area contributed by atoms with Crippen LogP contribution < -0.4 is 0 Å². The number of rotatable bonds is 1. The Morgan fingerprint density at radius 1 is 1.21 bits per heavy atom. The highest BCUT2D eigenvalue weighted by molar-refractivity contribution is 6.83. The van der Waals surface area contributed by atoms with Crippen molar-refractivity contribution < 1.29 is 9.47 Å². The molecule has 0 saturated carbocycles. The molecule has 80 valence electrons. The van der Waals surface area contributed by atoms with Crippen LogP contribution in [0.4, 0.5) is 0 Å². The highest BCUT2D eigenvalue weighted by Crippen LogP contribution is 2.23. The van der Waals surface area contributed by atoms with Gasteiger partial charge in [0.1, 0.15) is 13.7 Å². The average molecular weight is 212 g/mol. The van der Waals surface area contributed by atoms with E-state index in [-0.39, 0.29) is 5.60 Å². The molecule has 0 aliphatic carbocycles. The van der Waals surface area contributed by atoms with E-state index in [4.69, 9.17) is 9.47 Å². The van der Waals surface area contributed by atoms with Gasteiger partial charge >= 0.3 is 0 Å². The second-order valence-electron chi connectivity index (χ2n) is 4.81. The summed E-state index contributed by atoms with van der Waals surface area (Å²) in [5.74, 6) is 3.33. The van der Waals surface area contributed by atoms with Crippen molar-refractivity contribution in [2.24, 2.45) is 0 Å². The molecule has 0 aromatic carbocycles. The molecule has 1 rings (SSSR count). The molecule has 2 nitrogen and oxygen atoms in total. The highest BCUT2D eigenvalue weighted by atomic mass is 28.3. The van der Waals surface area contributed by atoms with Crippen molar-refractivity contribution in [1.82, 2.24) is 0 Å². The Kier molecular flexibility index (Phi) is 3.76. The Bertz CT molecular complexity index is 238. The van der Waals surface area contributed by atoms with Gasteiger partial charge in [-0.1, -0.05) is 25.6 Å². The SMILES string of the molecule is COC1(C#C[Si](C)(C)C)CCOCC1. The van der Waals surface area contributed by atoms with Gasteiger partial charge in [0.25, 0.3) is 0 Å². The van der Waals surface area contributed by atoms with Gasteiger partial charge in [-0.2, -0.15) is 0 Å². The predicted molar refractivity (Wildman–Crippen MR) is 60.9 cm³/mol. The van der Waals surface area contributed by atoms with E-state index in [1.807, 2.05) is 0 Å². The van der Waals surface area contributed by atoms with Gasteiger partial charge in [0.2, 0.25) is 0 Å². The molecule has 1 heterocycles. The summed E-state index contributed by atoms with van der Waals surface area (Å²) in [6.07, 6.45) is 1.81. The van der Waals surface area contributed by atoms with Gasteiger partial charge in [0.15, 0.2) is 0 Å². The molecule has 0 N–H and O–H groups in total. The van der Waals surface area contributed by atoms with E-state index in [0.29, 0.717) is 0 Å². The van der Waals surface area contributed by atoms with E-state index in [0.717, 1.165) is 26.1 Å². The summed E-state index contributed by atoms with van der Waals surface area (Å²) in [7, 11) is 0.468. The van der Waals surface area contributed by atoms with Crippen molar-refractivity contribution in [1.29, 1.82) is 0 Å². The first-order valence-corrected chi connectivity index (χ1v) is 8.65. The summed E-state index contributed by atoms with van der Waals surface area (Å²) in [6.45, 7) is 8.30. The van der Waals surface area contributed by atoms with Crippen molar-refractivity contribution >= 4 is 8.07 Å². The van der Waals surface area contributed by atoms with Crippen molar-refractivity contribution in [3.63, 3.8) is 0 Å². The molecule has 0 aromatic heterocycles. The lowest BCUT2D eigenvalue weighted by molar-refractivity contribution is -0.0524. The Morgan fingerprint density at radius 3 is 2.21 bits per heavy atom. The zero-order valence-electron chi connectivity index (χ0n) is 9.64. The fourth-order valence-electron chi connectivity index (χ4n) is 1.38. The summed E-state index contributed by atoms with van der Waals surface area (Å²) in [4.78, 5) is 0. The molecule has 0 radical (unpaired) electrons. The Balaban J connectivity index is 2.73. The molecule has 0 unspecified atom stereocenters. The Morgan fingerprint density at radius 2 is 1.79 bits per heavy atom. The zero-order chi connectivity index (χ0) is 10.7. The number of ether oxygens (including phenoxy) is 2. The van der Waals surface area contributed by atoms with Gasteiger partial charge < -0.3 is 9.47 Å². The molecule has 0 spiro atoms. The second-order valence-corrected chi connectivity index (χ2v) is 9.56. The molecule has 0 atom stereocenters. The fraction of sp³-hybridized carbons (Fsp3) is 0.818. The lowest BCUT2D eigenvalue weighted by Crippen LogP contribution is -2.37. The predicted octanol–water partition coefficient (Wildman–Crippen LogP) is 2.06. The lowest BCUT2D eigenvalue weighted by Gasteiger charge is -2.31. The first-order valence-electron chi connectivity index (χ1n) is 5.15. The lowest BCUT2D eigenvalue weighted by atomic mass is 9.95. The molecule has 0 amide bonds. The third kappa shape index (κ3) is 3.45. The largest absolute Gasteiger partial charge is 0.381 e. The van der Waals surface area contributed by atoms with E-state index in [1.165, 1.54) is 0 Å². The van der Waals surface area contributed by atoms with E-state index in [9.17, 15) is 0 Å². The Labute approximate surface area is 88.0 Å². The molecule has 14 heavy (non-hydrogen) atoms. The molecule has 0 bridgehead atoms. The fourth-order valence-corrected chi connectivity index (χ4v) is 1.99. The number of methoxy groups -OCH3 is 1. The summed E-state index contributed by atoms with van der Waals surface area (Å²) in [5, 5.41) is 0. The van der Waals surface area contributed by atoms with Crippen LogP contribution in [0, 0.1) is 11.5 Å². The third-order valence-electron chi connectivity index (χ3n) is 2.36. The molecular weight excluding hydrogens is 192 g/mol. The van der Waals surface area contributed by atoms with Gasteiger partial charge in [-0.3, -0.25) is 0 Å². The van der Waals surface area contributed by atoms with E-state index in [1.54, 1.807) is 7.11 Å². The number of hydrogen-bond donors (Lipinski definition) is 0. The van der Waals surface area contributed by atoms with Gasteiger partial charge in [-0.05, 0) is 0 Å².